The lowest BCUT2D eigenvalue weighted by molar-refractivity contribution is 0.0773. The van der Waals surface area contributed by atoms with Gasteiger partial charge in [-0.25, -0.2) is 9.78 Å². The summed E-state index contributed by atoms with van der Waals surface area (Å²) in [6, 6.07) is 22.8. The van der Waals surface area contributed by atoms with Crippen LogP contribution in [0.15, 0.2) is 72.8 Å². The maximum atomic E-state index is 12.9. The molecule has 0 atom stereocenters. The number of fused-ring (bicyclic) bond motifs is 1. The van der Waals surface area contributed by atoms with E-state index in [2.05, 4.69) is 18.4 Å². The Labute approximate surface area is 231 Å². The zero-order chi connectivity index (χ0) is 27.9. The Kier molecular flexibility index (Phi) is 9.02. The monoisotopic (exact) mass is 526 g/mol. The molecule has 0 aliphatic heterocycles. The minimum Gasteiger partial charge on any atom is -0.410 e. The van der Waals surface area contributed by atoms with Gasteiger partial charge in [0.1, 0.15) is 11.6 Å². The fraction of sp³-hybridized carbons (Fsp3) is 0.344. The highest BCUT2D eigenvalue weighted by atomic mass is 16.6. The Morgan fingerprint density at radius 3 is 2.28 bits per heavy atom. The molecule has 3 aromatic carbocycles. The molecule has 0 fully saturated rings. The third-order valence-electron chi connectivity index (χ3n) is 6.96. The van der Waals surface area contributed by atoms with E-state index < -0.39 is 6.09 Å². The first kappa shape index (κ1) is 27.9. The summed E-state index contributed by atoms with van der Waals surface area (Å²) in [6.07, 6.45) is 1.21. The predicted molar refractivity (Wildman–Crippen MR) is 157 cm³/mol. The molecule has 0 aliphatic carbocycles. The molecule has 0 radical (unpaired) electrons. The minimum atomic E-state index is -0.445. The number of aromatic nitrogens is 2. The fourth-order valence-electron chi connectivity index (χ4n) is 4.56. The second kappa shape index (κ2) is 12.6. The van der Waals surface area contributed by atoms with Gasteiger partial charge in [-0.3, -0.25) is 9.69 Å². The first-order chi connectivity index (χ1) is 18.8. The van der Waals surface area contributed by atoms with Crippen LogP contribution in [-0.2, 0) is 13.0 Å². The van der Waals surface area contributed by atoms with Crippen molar-refractivity contribution in [2.45, 2.75) is 47.1 Å². The summed E-state index contributed by atoms with van der Waals surface area (Å²) in [5.74, 6) is 2.02. The molecule has 204 valence electrons. The van der Waals surface area contributed by atoms with Gasteiger partial charge < -0.3 is 14.2 Å². The summed E-state index contributed by atoms with van der Waals surface area (Å²) in [5.41, 5.74) is 4.36. The standard InChI is InChI=1S/C32H38N4O3/c1-6-35(7-2)31(37)25-15-18-29-28(22-25)33-30(36(29)20-19-23(3)4)21-24-13-16-27(17-14-24)39-32(38)34(5)26-11-9-8-10-12-26/h8-18,22-23H,6-7,19-21H2,1-5H3. The van der Waals surface area contributed by atoms with Crippen LogP contribution in [-0.4, -0.2) is 46.6 Å². The van der Waals surface area contributed by atoms with Crippen molar-refractivity contribution in [3.05, 3.63) is 89.7 Å². The summed E-state index contributed by atoms with van der Waals surface area (Å²) in [5, 5.41) is 0. The van der Waals surface area contributed by atoms with E-state index in [9.17, 15) is 9.59 Å². The van der Waals surface area contributed by atoms with Gasteiger partial charge in [-0.05, 0) is 74.2 Å². The Balaban J connectivity index is 1.54. The number of aryl methyl sites for hydroxylation is 1. The summed E-state index contributed by atoms with van der Waals surface area (Å²) >= 11 is 0. The van der Waals surface area contributed by atoms with Crippen molar-refractivity contribution in [2.75, 3.05) is 25.0 Å². The van der Waals surface area contributed by atoms with Crippen LogP contribution in [0.4, 0.5) is 10.5 Å². The van der Waals surface area contributed by atoms with Crippen LogP contribution < -0.4 is 9.64 Å². The van der Waals surface area contributed by atoms with Gasteiger partial charge >= 0.3 is 6.09 Å². The highest BCUT2D eigenvalue weighted by Gasteiger charge is 2.18. The summed E-state index contributed by atoms with van der Waals surface area (Å²) in [6.45, 7) is 10.6. The Hall–Kier alpha value is -4.13. The van der Waals surface area contributed by atoms with Gasteiger partial charge in [-0.15, -0.1) is 0 Å². The molecule has 0 aliphatic rings. The first-order valence-electron chi connectivity index (χ1n) is 13.7. The molecular formula is C32H38N4O3. The lowest BCUT2D eigenvalue weighted by Crippen LogP contribution is -2.30. The van der Waals surface area contributed by atoms with Crippen molar-refractivity contribution in [1.29, 1.82) is 0 Å². The maximum absolute atomic E-state index is 12.9. The molecule has 1 aromatic heterocycles. The third-order valence-corrected chi connectivity index (χ3v) is 6.96. The Bertz CT molecular complexity index is 1410. The van der Waals surface area contributed by atoms with Crippen LogP contribution in [0, 0.1) is 5.92 Å². The Morgan fingerprint density at radius 2 is 1.64 bits per heavy atom. The van der Waals surface area contributed by atoms with E-state index in [0.717, 1.165) is 41.1 Å². The molecule has 7 nitrogen and oxygen atoms in total. The van der Waals surface area contributed by atoms with Crippen LogP contribution in [0.3, 0.4) is 0 Å². The van der Waals surface area contributed by atoms with E-state index in [1.165, 1.54) is 4.90 Å². The molecule has 0 N–H and O–H groups in total. The largest absolute Gasteiger partial charge is 0.419 e. The number of carbonyl (C=O) groups is 2. The number of ether oxygens (including phenoxy) is 1. The number of carbonyl (C=O) groups excluding carboxylic acids is 2. The molecule has 2 amide bonds. The van der Waals surface area contributed by atoms with Gasteiger partial charge in [0.15, 0.2) is 0 Å². The first-order valence-corrected chi connectivity index (χ1v) is 13.7. The summed E-state index contributed by atoms with van der Waals surface area (Å²) in [7, 11) is 1.69. The average Bonchev–Trinajstić information content (AvgIpc) is 3.29. The van der Waals surface area contributed by atoms with E-state index in [1.807, 2.05) is 91.5 Å². The van der Waals surface area contributed by atoms with Crippen molar-refractivity contribution >= 4 is 28.7 Å². The maximum Gasteiger partial charge on any atom is 0.419 e. The highest BCUT2D eigenvalue weighted by Crippen LogP contribution is 2.24. The van der Waals surface area contributed by atoms with Gasteiger partial charge in [0.25, 0.3) is 5.91 Å². The molecule has 39 heavy (non-hydrogen) atoms. The number of hydrogen-bond donors (Lipinski definition) is 0. The van der Waals surface area contributed by atoms with E-state index in [1.54, 1.807) is 7.05 Å². The van der Waals surface area contributed by atoms with E-state index >= 15 is 0 Å². The van der Waals surface area contributed by atoms with Gasteiger partial charge in [-0.2, -0.15) is 0 Å². The molecular weight excluding hydrogens is 488 g/mol. The van der Waals surface area contributed by atoms with E-state index in [4.69, 9.17) is 9.72 Å². The average molecular weight is 527 g/mol. The van der Waals surface area contributed by atoms with Crippen molar-refractivity contribution in [3.63, 3.8) is 0 Å². The number of hydrogen-bond acceptors (Lipinski definition) is 4. The van der Waals surface area contributed by atoms with E-state index in [-0.39, 0.29) is 5.91 Å². The number of benzene rings is 3. The van der Waals surface area contributed by atoms with Gasteiger partial charge in [0.05, 0.1) is 11.0 Å². The molecule has 0 spiro atoms. The van der Waals surface area contributed by atoms with Gasteiger partial charge in [0, 0.05) is 44.4 Å². The quantitative estimate of drug-likeness (QED) is 0.228. The number of nitrogens with zero attached hydrogens (tertiary/aromatic N) is 4. The number of anilines is 1. The smallest absolute Gasteiger partial charge is 0.410 e. The van der Waals surface area contributed by atoms with Crippen molar-refractivity contribution in [3.8, 4) is 5.75 Å². The number of para-hydroxylation sites is 1. The molecule has 0 unspecified atom stereocenters. The molecule has 1 heterocycles. The summed E-state index contributed by atoms with van der Waals surface area (Å²) < 4.78 is 7.84. The van der Waals surface area contributed by atoms with Gasteiger partial charge in [-0.1, -0.05) is 44.2 Å². The van der Waals surface area contributed by atoms with Gasteiger partial charge in [0.2, 0.25) is 0 Å². The highest BCUT2D eigenvalue weighted by molar-refractivity contribution is 5.97. The van der Waals surface area contributed by atoms with Crippen LogP contribution in [0.1, 0.15) is 55.9 Å². The van der Waals surface area contributed by atoms with Crippen LogP contribution in [0.25, 0.3) is 11.0 Å². The van der Waals surface area contributed by atoms with Crippen LogP contribution in [0.2, 0.25) is 0 Å². The SMILES string of the molecule is CCN(CC)C(=O)c1ccc2c(c1)nc(Cc1ccc(OC(=O)N(C)c3ccccc3)cc1)n2CCC(C)C. The molecule has 0 bridgehead atoms. The molecule has 4 rings (SSSR count). The minimum absolute atomic E-state index is 0.0308. The molecule has 0 saturated carbocycles. The topological polar surface area (TPSA) is 67.7 Å². The number of imidazole rings is 1. The predicted octanol–water partition coefficient (Wildman–Crippen LogP) is 6.79. The fourth-order valence-corrected chi connectivity index (χ4v) is 4.56. The zero-order valence-electron chi connectivity index (χ0n) is 23.6. The molecule has 7 heteroatoms. The van der Waals surface area contributed by atoms with Crippen LogP contribution in [0.5, 0.6) is 5.75 Å². The third kappa shape index (κ3) is 6.66. The van der Waals surface area contributed by atoms with Crippen LogP contribution >= 0.6 is 0 Å². The number of rotatable bonds is 10. The lowest BCUT2D eigenvalue weighted by atomic mass is 10.1. The van der Waals surface area contributed by atoms with E-state index in [0.29, 0.717) is 36.7 Å². The molecule has 4 aromatic rings. The Morgan fingerprint density at radius 1 is 0.949 bits per heavy atom. The molecule has 0 saturated heterocycles. The zero-order valence-corrected chi connectivity index (χ0v) is 23.6. The normalized spacial score (nSPS) is 11.1. The number of amides is 2. The lowest BCUT2D eigenvalue weighted by Gasteiger charge is -2.18. The van der Waals surface area contributed by atoms with Crippen molar-refractivity contribution < 1.29 is 14.3 Å². The van der Waals surface area contributed by atoms with Crippen molar-refractivity contribution in [1.82, 2.24) is 14.5 Å². The summed E-state index contributed by atoms with van der Waals surface area (Å²) in [4.78, 5) is 33.8. The second-order valence-corrected chi connectivity index (χ2v) is 10.1. The van der Waals surface area contributed by atoms with Crippen molar-refractivity contribution in [2.24, 2.45) is 5.92 Å². The second-order valence-electron chi connectivity index (χ2n) is 10.1.